The van der Waals surface area contributed by atoms with Crippen molar-refractivity contribution in [3.05, 3.63) is 0 Å². The van der Waals surface area contributed by atoms with E-state index >= 15 is 0 Å². The molecule has 0 rings (SSSR count). The zero-order valence-electron chi connectivity index (χ0n) is 10.9. The van der Waals surface area contributed by atoms with Crippen molar-refractivity contribution >= 4 is 0 Å². The second kappa shape index (κ2) is 11.9. The van der Waals surface area contributed by atoms with Gasteiger partial charge in [-0.2, -0.15) is 0 Å². The van der Waals surface area contributed by atoms with Crippen molar-refractivity contribution in [2.75, 3.05) is 33.0 Å². The summed E-state index contributed by atoms with van der Waals surface area (Å²) in [4.78, 5) is 0. The minimum Gasteiger partial charge on any atom is -0.389 e. The summed E-state index contributed by atoms with van der Waals surface area (Å²) in [6.07, 6.45) is 6.40. The molecular weight excluding hydrogens is 218 g/mol. The molecule has 0 fully saturated rings. The maximum atomic E-state index is 9.64. The summed E-state index contributed by atoms with van der Waals surface area (Å²) >= 11 is 0. The molecule has 2 atom stereocenters. The van der Waals surface area contributed by atoms with Gasteiger partial charge in [-0.3, -0.25) is 0 Å². The average molecular weight is 243 g/mol. The molecule has 100 valence electrons. The van der Waals surface area contributed by atoms with Gasteiger partial charge in [-0.15, -0.1) is 12.3 Å². The van der Waals surface area contributed by atoms with Crippen LogP contribution in [0.3, 0.4) is 0 Å². The summed E-state index contributed by atoms with van der Waals surface area (Å²) in [5.74, 6) is 2.62. The number of hydrogen-bond donors (Lipinski definition) is 2. The van der Waals surface area contributed by atoms with E-state index < -0.39 is 6.10 Å². The van der Waals surface area contributed by atoms with E-state index in [9.17, 15) is 5.11 Å². The van der Waals surface area contributed by atoms with Crippen molar-refractivity contribution in [1.82, 2.24) is 5.32 Å². The van der Waals surface area contributed by atoms with Crippen LogP contribution in [0.4, 0.5) is 0 Å². The van der Waals surface area contributed by atoms with E-state index in [1.165, 1.54) is 0 Å². The molecule has 17 heavy (non-hydrogen) atoms. The van der Waals surface area contributed by atoms with Crippen LogP contribution in [0.1, 0.15) is 26.7 Å². The van der Waals surface area contributed by atoms with Gasteiger partial charge in [-0.25, -0.2) is 0 Å². The standard InChI is InChI=1S/C13H25NO3/c1-4-7-12(5-2)14-10-13(15)11-17-9-8-16-6-3/h1,12-15H,5-11H2,2-3H3. The molecule has 0 aliphatic heterocycles. The maximum absolute atomic E-state index is 9.64. The lowest BCUT2D eigenvalue weighted by molar-refractivity contribution is 0.00574. The minimum absolute atomic E-state index is 0.276. The highest BCUT2D eigenvalue weighted by Gasteiger charge is 2.08. The first-order valence-corrected chi connectivity index (χ1v) is 6.24. The fourth-order valence-electron chi connectivity index (χ4n) is 1.35. The molecule has 0 amide bonds. The lowest BCUT2D eigenvalue weighted by atomic mass is 10.1. The van der Waals surface area contributed by atoms with Crippen LogP contribution in [0.25, 0.3) is 0 Å². The Morgan fingerprint density at radius 1 is 1.29 bits per heavy atom. The molecule has 0 aromatic carbocycles. The van der Waals surface area contributed by atoms with Gasteiger partial charge in [-0.05, 0) is 13.3 Å². The Bertz CT molecular complexity index is 203. The Labute approximate surface area is 105 Å². The van der Waals surface area contributed by atoms with Crippen molar-refractivity contribution in [1.29, 1.82) is 0 Å². The number of nitrogens with one attached hydrogen (secondary N) is 1. The van der Waals surface area contributed by atoms with Gasteiger partial charge in [0, 0.05) is 25.6 Å². The lowest BCUT2D eigenvalue weighted by Crippen LogP contribution is -2.37. The summed E-state index contributed by atoms with van der Waals surface area (Å²) in [5.41, 5.74) is 0. The zero-order valence-corrected chi connectivity index (χ0v) is 10.9. The number of ether oxygens (including phenoxy) is 2. The van der Waals surface area contributed by atoms with Gasteiger partial charge in [0.1, 0.15) is 0 Å². The molecule has 2 N–H and O–H groups in total. The van der Waals surface area contributed by atoms with Crippen LogP contribution in [0, 0.1) is 12.3 Å². The molecule has 4 nitrogen and oxygen atoms in total. The topological polar surface area (TPSA) is 50.7 Å². The second-order valence-electron chi connectivity index (χ2n) is 3.85. The highest BCUT2D eigenvalue weighted by Crippen LogP contribution is 1.96. The van der Waals surface area contributed by atoms with Crippen molar-refractivity contribution in [2.45, 2.75) is 38.8 Å². The maximum Gasteiger partial charge on any atom is 0.0897 e. The molecule has 0 aromatic rings. The first-order valence-electron chi connectivity index (χ1n) is 6.24. The van der Waals surface area contributed by atoms with E-state index in [1.807, 2.05) is 6.92 Å². The fraction of sp³-hybridized carbons (Fsp3) is 0.846. The monoisotopic (exact) mass is 243 g/mol. The quantitative estimate of drug-likeness (QED) is 0.416. The third-order valence-electron chi connectivity index (χ3n) is 2.39. The first-order chi connectivity index (χ1) is 8.24. The Morgan fingerprint density at radius 2 is 2.00 bits per heavy atom. The van der Waals surface area contributed by atoms with Crippen molar-refractivity contribution < 1.29 is 14.6 Å². The van der Waals surface area contributed by atoms with Gasteiger partial charge in [0.2, 0.25) is 0 Å². The first kappa shape index (κ1) is 16.4. The minimum atomic E-state index is -0.497. The number of aliphatic hydroxyl groups is 1. The molecule has 0 aliphatic carbocycles. The van der Waals surface area contributed by atoms with Crippen LogP contribution in [-0.4, -0.2) is 50.2 Å². The highest BCUT2D eigenvalue weighted by atomic mass is 16.5. The second-order valence-corrected chi connectivity index (χ2v) is 3.85. The SMILES string of the molecule is C#CCC(CC)NCC(O)COCCOCC. The average Bonchev–Trinajstić information content (AvgIpc) is 2.34. The van der Waals surface area contributed by atoms with E-state index in [0.717, 1.165) is 6.42 Å². The third kappa shape index (κ3) is 10.3. The Morgan fingerprint density at radius 3 is 2.59 bits per heavy atom. The zero-order chi connectivity index (χ0) is 12.9. The third-order valence-corrected chi connectivity index (χ3v) is 2.39. The van der Waals surface area contributed by atoms with Gasteiger partial charge < -0.3 is 19.9 Å². The van der Waals surface area contributed by atoms with Crippen LogP contribution in [0.5, 0.6) is 0 Å². The molecule has 0 spiro atoms. The van der Waals surface area contributed by atoms with E-state index in [0.29, 0.717) is 39.4 Å². The smallest absolute Gasteiger partial charge is 0.0897 e. The largest absolute Gasteiger partial charge is 0.389 e. The van der Waals surface area contributed by atoms with Gasteiger partial charge in [0.25, 0.3) is 0 Å². The predicted octanol–water partition coefficient (Wildman–Crippen LogP) is 0.792. The van der Waals surface area contributed by atoms with Crippen LogP contribution in [0.15, 0.2) is 0 Å². The Hall–Kier alpha value is -0.600. The van der Waals surface area contributed by atoms with Gasteiger partial charge in [-0.1, -0.05) is 6.92 Å². The summed E-state index contributed by atoms with van der Waals surface area (Å²) < 4.78 is 10.4. The summed E-state index contributed by atoms with van der Waals surface area (Å²) in [6, 6.07) is 0.276. The molecule has 0 heterocycles. The summed E-state index contributed by atoms with van der Waals surface area (Å²) in [6.45, 7) is 6.63. The number of rotatable bonds is 11. The normalized spacial score (nSPS) is 14.2. The van der Waals surface area contributed by atoms with E-state index in [-0.39, 0.29) is 6.04 Å². The number of aliphatic hydroxyl groups excluding tert-OH is 1. The van der Waals surface area contributed by atoms with Crippen LogP contribution in [-0.2, 0) is 9.47 Å². The fourth-order valence-corrected chi connectivity index (χ4v) is 1.35. The molecule has 0 aromatic heterocycles. The lowest BCUT2D eigenvalue weighted by Gasteiger charge is -2.17. The van der Waals surface area contributed by atoms with Crippen molar-refractivity contribution in [2.24, 2.45) is 0 Å². The molecule has 0 saturated carbocycles. The van der Waals surface area contributed by atoms with Gasteiger partial charge in [0.15, 0.2) is 0 Å². The number of terminal acetylenes is 1. The van der Waals surface area contributed by atoms with Crippen LogP contribution < -0.4 is 5.32 Å². The summed E-state index contributed by atoms with van der Waals surface area (Å²) in [7, 11) is 0. The van der Waals surface area contributed by atoms with E-state index in [1.54, 1.807) is 0 Å². The molecular formula is C13H25NO3. The Balaban J connectivity index is 3.44. The number of hydrogen-bond acceptors (Lipinski definition) is 4. The molecule has 0 saturated heterocycles. The molecule has 0 aliphatic rings. The Kier molecular flexibility index (Phi) is 11.5. The predicted molar refractivity (Wildman–Crippen MR) is 68.9 cm³/mol. The van der Waals surface area contributed by atoms with Crippen LogP contribution in [0.2, 0.25) is 0 Å². The van der Waals surface area contributed by atoms with Crippen molar-refractivity contribution in [3.8, 4) is 12.3 Å². The van der Waals surface area contributed by atoms with Gasteiger partial charge in [0.05, 0.1) is 25.9 Å². The highest BCUT2D eigenvalue weighted by molar-refractivity contribution is 4.89. The van der Waals surface area contributed by atoms with Crippen LogP contribution >= 0.6 is 0 Å². The molecule has 0 radical (unpaired) electrons. The molecule has 2 unspecified atom stereocenters. The summed E-state index contributed by atoms with van der Waals surface area (Å²) in [5, 5.41) is 12.9. The van der Waals surface area contributed by atoms with Gasteiger partial charge >= 0.3 is 0 Å². The molecule has 4 heteroatoms. The van der Waals surface area contributed by atoms with E-state index in [4.69, 9.17) is 15.9 Å². The van der Waals surface area contributed by atoms with E-state index in [2.05, 4.69) is 18.2 Å². The van der Waals surface area contributed by atoms with Crippen molar-refractivity contribution in [3.63, 3.8) is 0 Å². The molecule has 0 bridgehead atoms.